The summed E-state index contributed by atoms with van der Waals surface area (Å²) < 4.78 is 0. The summed E-state index contributed by atoms with van der Waals surface area (Å²) in [6.45, 7) is 2.55. The lowest BCUT2D eigenvalue weighted by molar-refractivity contribution is -0.139. The number of nitrogens with one attached hydrogen (secondary N) is 1. The van der Waals surface area contributed by atoms with Crippen molar-refractivity contribution in [2.75, 3.05) is 13.2 Å². The van der Waals surface area contributed by atoms with Crippen LogP contribution in [0.4, 0.5) is 4.79 Å². The van der Waals surface area contributed by atoms with Crippen molar-refractivity contribution in [1.82, 2.24) is 5.32 Å². The topological polar surface area (TPSA) is 139 Å². The largest absolute Gasteiger partial charge is 0.480 e. The Labute approximate surface area is 88.4 Å². The van der Waals surface area contributed by atoms with E-state index in [1.54, 1.807) is 0 Å². The van der Waals surface area contributed by atoms with Gasteiger partial charge in [0.25, 0.3) is 0 Å². The Morgan fingerprint density at radius 3 is 2.13 bits per heavy atom. The van der Waals surface area contributed by atoms with E-state index in [0.29, 0.717) is 6.54 Å². The lowest BCUT2D eigenvalue weighted by atomic mass is 10.2. The Balaban J connectivity index is 0. The van der Waals surface area contributed by atoms with Gasteiger partial charge in [0.05, 0.1) is 0 Å². The quantitative estimate of drug-likeness (QED) is 0.385. The fourth-order valence-electron chi connectivity index (χ4n) is 0.761. The molecule has 0 spiro atoms. The van der Waals surface area contributed by atoms with Gasteiger partial charge in [-0.1, -0.05) is 6.92 Å². The smallest absolute Gasteiger partial charge is 0.320 e. The van der Waals surface area contributed by atoms with E-state index in [0.717, 1.165) is 6.42 Å². The molecule has 0 saturated heterocycles. The third-order valence-corrected chi connectivity index (χ3v) is 1.36. The van der Waals surface area contributed by atoms with Gasteiger partial charge in [0.1, 0.15) is 6.04 Å². The van der Waals surface area contributed by atoms with Gasteiger partial charge in [0.15, 0.2) is 0 Å². The molecular formula is C8H19N3O4. The molecule has 1 atom stereocenters. The first-order valence-electron chi connectivity index (χ1n) is 4.57. The zero-order chi connectivity index (χ0) is 12.3. The summed E-state index contributed by atoms with van der Waals surface area (Å²) in [6.07, 6.45) is 1.17. The predicted molar refractivity (Wildman–Crippen MR) is 55.2 cm³/mol. The fraction of sp³-hybridized carbons (Fsp3) is 0.750. The van der Waals surface area contributed by atoms with Crippen LogP contribution < -0.4 is 16.8 Å². The second kappa shape index (κ2) is 10.7. The Morgan fingerprint density at radius 2 is 1.87 bits per heavy atom. The molecule has 0 aromatic rings. The SMILES string of the molecule is CCCNC(CCO)C(=O)O.NC(N)=O. The molecule has 0 radical (unpaired) electrons. The number of aliphatic hydroxyl groups excluding tert-OH is 1. The van der Waals surface area contributed by atoms with Crippen LogP contribution in [0, 0.1) is 0 Å². The molecule has 0 saturated carbocycles. The molecule has 7 heteroatoms. The van der Waals surface area contributed by atoms with Crippen LogP contribution in [-0.4, -0.2) is 41.4 Å². The predicted octanol–water partition coefficient (Wildman–Crippen LogP) is -1.15. The number of urea groups is 1. The monoisotopic (exact) mass is 221 g/mol. The van der Waals surface area contributed by atoms with Crippen LogP contribution in [0.3, 0.4) is 0 Å². The van der Waals surface area contributed by atoms with E-state index in [9.17, 15) is 4.79 Å². The van der Waals surface area contributed by atoms with Gasteiger partial charge < -0.3 is 27.0 Å². The first-order valence-corrected chi connectivity index (χ1v) is 4.57. The number of aliphatic hydroxyl groups is 1. The van der Waals surface area contributed by atoms with Crippen LogP contribution in [-0.2, 0) is 4.79 Å². The number of rotatable bonds is 6. The third-order valence-electron chi connectivity index (χ3n) is 1.36. The lowest BCUT2D eigenvalue weighted by Crippen LogP contribution is -2.37. The number of aliphatic carboxylic acids is 1. The third kappa shape index (κ3) is 15.4. The number of hydrogen-bond donors (Lipinski definition) is 5. The molecular weight excluding hydrogens is 202 g/mol. The van der Waals surface area contributed by atoms with E-state index in [2.05, 4.69) is 16.8 Å². The fourth-order valence-corrected chi connectivity index (χ4v) is 0.761. The van der Waals surface area contributed by atoms with E-state index in [1.165, 1.54) is 0 Å². The zero-order valence-corrected chi connectivity index (χ0v) is 8.77. The number of carbonyl (C=O) groups is 2. The van der Waals surface area contributed by atoms with E-state index in [-0.39, 0.29) is 13.0 Å². The van der Waals surface area contributed by atoms with Gasteiger partial charge in [0, 0.05) is 6.61 Å². The molecule has 0 rings (SSSR count). The second-order valence-corrected chi connectivity index (χ2v) is 2.76. The van der Waals surface area contributed by atoms with Crippen molar-refractivity contribution in [3.8, 4) is 0 Å². The molecule has 1 unspecified atom stereocenters. The van der Waals surface area contributed by atoms with Crippen LogP contribution >= 0.6 is 0 Å². The number of nitrogens with two attached hydrogens (primary N) is 2. The summed E-state index contributed by atoms with van der Waals surface area (Å²) >= 11 is 0. The molecule has 0 aliphatic heterocycles. The van der Waals surface area contributed by atoms with Crippen LogP contribution in [0.25, 0.3) is 0 Å². The molecule has 0 fully saturated rings. The van der Waals surface area contributed by atoms with Crippen molar-refractivity contribution in [2.45, 2.75) is 25.8 Å². The van der Waals surface area contributed by atoms with Gasteiger partial charge in [-0.05, 0) is 19.4 Å². The average Bonchev–Trinajstić information content (AvgIpc) is 2.10. The molecule has 0 bridgehead atoms. The van der Waals surface area contributed by atoms with E-state index < -0.39 is 18.0 Å². The molecule has 2 amide bonds. The number of amides is 2. The second-order valence-electron chi connectivity index (χ2n) is 2.76. The summed E-state index contributed by atoms with van der Waals surface area (Å²) in [5.41, 5.74) is 8.50. The maximum atomic E-state index is 10.4. The Kier molecular flexibility index (Phi) is 11.5. The number of carbonyl (C=O) groups excluding carboxylic acids is 1. The van der Waals surface area contributed by atoms with Gasteiger partial charge in [-0.15, -0.1) is 0 Å². The highest BCUT2D eigenvalue weighted by molar-refractivity contribution is 5.73. The molecule has 0 aromatic heterocycles. The molecule has 0 heterocycles. The minimum absolute atomic E-state index is 0.0896. The number of primary amides is 2. The molecule has 7 N–H and O–H groups in total. The molecule has 0 aliphatic rings. The van der Waals surface area contributed by atoms with Gasteiger partial charge in [-0.3, -0.25) is 4.79 Å². The summed E-state index contributed by atoms with van der Waals surface area (Å²) in [5, 5.41) is 19.8. The first kappa shape index (κ1) is 16.1. The van der Waals surface area contributed by atoms with Crippen molar-refractivity contribution < 1.29 is 19.8 Å². The Bertz CT molecular complexity index is 183. The normalized spacial score (nSPS) is 11.1. The van der Waals surface area contributed by atoms with Crippen molar-refractivity contribution in [3.63, 3.8) is 0 Å². The number of carboxylic acid groups (broad SMARTS) is 1. The highest BCUT2D eigenvalue weighted by Crippen LogP contribution is 1.90. The summed E-state index contributed by atoms with van der Waals surface area (Å²) in [6, 6.07) is -1.43. The number of hydrogen-bond acceptors (Lipinski definition) is 4. The molecule has 0 aromatic carbocycles. The summed E-state index contributed by atoms with van der Waals surface area (Å²) in [4.78, 5) is 19.4. The Hall–Kier alpha value is -1.34. The summed E-state index contributed by atoms with van der Waals surface area (Å²) in [5.74, 6) is -0.896. The van der Waals surface area contributed by atoms with E-state index >= 15 is 0 Å². The summed E-state index contributed by atoms with van der Waals surface area (Å²) in [7, 11) is 0. The van der Waals surface area contributed by atoms with Crippen LogP contribution in [0.5, 0.6) is 0 Å². The molecule has 90 valence electrons. The van der Waals surface area contributed by atoms with Crippen molar-refractivity contribution in [1.29, 1.82) is 0 Å². The minimum Gasteiger partial charge on any atom is -0.480 e. The van der Waals surface area contributed by atoms with Gasteiger partial charge >= 0.3 is 12.0 Å². The van der Waals surface area contributed by atoms with Crippen LogP contribution in [0.2, 0.25) is 0 Å². The van der Waals surface area contributed by atoms with Crippen molar-refractivity contribution in [3.05, 3.63) is 0 Å². The maximum absolute atomic E-state index is 10.4. The van der Waals surface area contributed by atoms with Crippen LogP contribution in [0.1, 0.15) is 19.8 Å². The van der Waals surface area contributed by atoms with Gasteiger partial charge in [-0.2, -0.15) is 0 Å². The minimum atomic E-state index is -0.896. The van der Waals surface area contributed by atoms with Gasteiger partial charge in [-0.25, -0.2) is 4.79 Å². The average molecular weight is 221 g/mol. The van der Waals surface area contributed by atoms with Gasteiger partial charge in [0.2, 0.25) is 0 Å². The Morgan fingerprint density at radius 1 is 1.40 bits per heavy atom. The zero-order valence-electron chi connectivity index (χ0n) is 8.77. The van der Waals surface area contributed by atoms with Crippen LogP contribution in [0.15, 0.2) is 0 Å². The molecule has 15 heavy (non-hydrogen) atoms. The highest BCUT2D eigenvalue weighted by atomic mass is 16.4. The lowest BCUT2D eigenvalue weighted by Gasteiger charge is -2.11. The highest BCUT2D eigenvalue weighted by Gasteiger charge is 2.14. The first-order chi connectivity index (χ1) is 6.95. The van der Waals surface area contributed by atoms with Crippen molar-refractivity contribution in [2.24, 2.45) is 11.5 Å². The standard InChI is InChI=1S/C7H15NO3.CH4N2O/c1-2-4-8-6(3-5-9)7(10)11;2-1(3)4/h6,8-9H,2-5H2,1H3,(H,10,11);(H4,2,3,4). The van der Waals surface area contributed by atoms with Crippen molar-refractivity contribution >= 4 is 12.0 Å². The molecule has 0 aliphatic carbocycles. The van der Waals surface area contributed by atoms with E-state index in [4.69, 9.17) is 15.0 Å². The maximum Gasteiger partial charge on any atom is 0.320 e. The number of carboxylic acids is 1. The molecule has 7 nitrogen and oxygen atoms in total. The van der Waals surface area contributed by atoms with E-state index in [1.807, 2.05) is 6.92 Å².